The lowest BCUT2D eigenvalue weighted by molar-refractivity contribution is 0.420. The van der Waals surface area contributed by atoms with Crippen LogP contribution in [0.3, 0.4) is 0 Å². The molecule has 2 saturated carbocycles. The Kier molecular flexibility index (Phi) is 8.03. The van der Waals surface area contributed by atoms with Crippen LogP contribution >= 0.6 is 11.3 Å². The van der Waals surface area contributed by atoms with Crippen LogP contribution in [0.4, 0.5) is 17.1 Å². The Morgan fingerprint density at radius 2 is 0.981 bits per heavy atom. The second-order valence-corrected chi connectivity index (χ2v) is 16.6. The molecule has 2 bridgehead atoms. The number of thiophene rings is 1. The summed E-state index contributed by atoms with van der Waals surface area (Å²) in [6.07, 6.45) is 5.74. The van der Waals surface area contributed by atoms with Crippen LogP contribution in [0.2, 0.25) is 0 Å². The van der Waals surface area contributed by atoms with Crippen LogP contribution in [0.15, 0.2) is 158 Å². The van der Waals surface area contributed by atoms with Gasteiger partial charge in [0.25, 0.3) is 0 Å². The van der Waals surface area contributed by atoms with Gasteiger partial charge in [-0.15, -0.1) is 11.3 Å². The summed E-state index contributed by atoms with van der Waals surface area (Å²) in [5.41, 5.74) is 15.1. The Morgan fingerprint density at radius 3 is 1.57 bits per heavy atom. The van der Waals surface area contributed by atoms with Gasteiger partial charge in [-0.05, 0) is 138 Å². The number of aryl methyl sites for hydroxylation is 2. The lowest BCUT2D eigenvalue weighted by Crippen LogP contribution is -2.09. The maximum absolute atomic E-state index is 2.40. The average molecular weight is 702 g/mol. The van der Waals surface area contributed by atoms with Gasteiger partial charge in [-0.3, -0.25) is 0 Å². The minimum Gasteiger partial charge on any atom is -0.310 e. The average Bonchev–Trinajstić information content (AvgIpc) is 3.94. The molecule has 10 rings (SSSR count). The molecule has 53 heavy (non-hydrogen) atoms. The minimum atomic E-state index is 0.782. The predicted molar refractivity (Wildman–Crippen MR) is 228 cm³/mol. The Hall–Kier alpha value is -5.44. The third-order valence-electron chi connectivity index (χ3n) is 12.1. The molecule has 1 heterocycles. The van der Waals surface area contributed by atoms with E-state index in [4.69, 9.17) is 0 Å². The van der Waals surface area contributed by atoms with E-state index in [0.29, 0.717) is 0 Å². The fourth-order valence-corrected chi connectivity index (χ4v) is 10.6. The first-order chi connectivity index (χ1) is 26.0. The van der Waals surface area contributed by atoms with Crippen LogP contribution in [0.25, 0.3) is 53.6 Å². The van der Waals surface area contributed by atoms with Gasteiger partial charge in [0.2, 0.25) is 0 Å². The summed E-state index contributed by atoms with van der Waals surface area (Å²) < 4.78 is 2.64. The van der Waals surface area contributed by atoms with E-state index in [9.17, 15) is 0 Å². The Morgan fingerprint density at radius 1 is 0.453 bits per heavy atom. The number of fused-ring (bicyclic) bond motifs is 5. The number of rotatable bonds is 7. The Bertz CT molecular complexity index is 2560. The van der Waals surface area contributed by atoms with Crippen molar-refractivity contribution in [2.45, 2.75) is 45.4 Å². The predicted octanol–water partition coefficient (Wildman–Crippen LogP) is 15.0. The van der Waals surface area contributed by atoms with Gasteiger partial charge in [-0.2, -0.15) is 0 Å². The van der Waals surface area contributed by atoms with Gasteiger partial charge in [0, 0.05) is 37.2 Å². The number of anilines is 3. The summed E-state index contributed by atoms with van der Waals surface area (Å²) in [7, 11) is 0. The molecule has 3 unspecified atom stereocenters. The van der Waals surface area contributed by atoms with Crippen molar-refractivity contribution in [2.24, 2.45) is 11.8 Å². The van der Waals surface area contributed by atoms with Crippen LogP contribution in [0.1, 0.15) is 48.3 Å². The van der Waals surface area contributed by atoms with E-state index in [-0.39, 0.29) is 0 Å². The van der Waals surface area contributed by atoms with Crippen molar-refractivity contribution >= 4 is 48.6 Å². The smallest absolute Gasteiger partial charge is 0.0468 e. The van der Waals surface area contributed by atoms with Crippen molar-refractivity contribution in [1.82, 2.24) is 0 Å². The summed E-state index contributed by atoms with van der Waals surface area (Å²) in [6, 6.07) is 59.1. The highest BCUT2D eigenvalue weighted by molar-refractivity contribution is 7.25. The molecule has 2 aliphatic carbocycles. The highest BCUT2D eigenvalue weighted by atomic mass is 32.1. The topological polar surface area (TPSA) is 3.24 Å². The van der Waals surface area contributed by atoms with Crippen molar-refractivity contribution in [2.75, 3.05) is 4.90 Å². The maximum Gasteiger partial charge on any atom is 0.0468 e. The first kappa shape index (κ1) is 32.2. The zero-order valence-electron chi connectivity index (χ0n) is 30.4. The van der Waals surface area contributed by atoms with Crippen LogP contribution in [-0.2, 0) is 0 Å². The quantitative estimate of drug-likeness (QED) is 0.160. The molecule has 7 aromatic carbocycles. The maximum atomic E-state index is 2.40. The fraction of sp³-hybridized carbons (Fsp3) is 0.176. The molecule has 2 heteroatoms. The molecule has 2 aliphatic rings. The lowest BCUT2D eigenvalue weighted by atomic mass is 9.83. The molecule has 0 saturated heterocycles. The van der Waals surface area contributed by atoms with E-state index < -0.39 is 0 Å². The third kappa shape index (κ3) is 6.06. The molecule has 0 N–H and O–H groups in total. The molecular weight excluding hydrogens is 659 g/mol. The monoisotopic (exact) mass is 701 g/mol. The summed E-state index contributed by atoms with van der Waals surface area (Å²) >= 11 is 1.86. The Labute approximate surface area is 317 Å². The lowest BCUT2D eigenvalue weighted by Gasteiger charge is -2.26. The Balaban J connectivity index is 0.958. The zero-order valence-corrected chi connectivity index (χ0v) is 31.2. The highest BCUT2D eigenvalue weighted by Gasteiger charge is 2.40. The van der Waals surface area contributed by atoms with E-state index in [1.807, 2.05) is 11.3 Å². The number of hydrogen-bond acceptors (Lipinski definition) is 2. The van der Waals surface area contributed by atoms with Gasteiger partial charge < -0.3 is 4.90 Å². The van der Waals surface area contributed by atoms with E-state index in [2.05, 4.69) is 176 Å². The van der Waals surface area contributed by atoms with Crippen molar-refractivity contribution in [1.29, 1.82) is 0 Å². The summed E-state index contributed by atoms with van der Waals surface area (Å²) in [4.78, 5) is 2.39. The minimum absolute atomic E-state index is 0.782. The van der Waals surface area contributed by atoms with Crippen LogP contribution < -0.4 is 4.90 Å². The van der Waals surface area contributed by atoms with Crippen LogP contribution in [0.5, 0.6) is 0 Å². The molecule has 3 atom stereocenters. The largest absolute Gasteiger partial charge is 0.310 e. The van der Waals surface area contributed by atoms with Crippen molar-refractivity contribution in [3.8, 4) is 33.4 Å². The molecule has 1 nitrogen and oxygen atoms in total. The molecule has 258 valence electrons. The molecule has 0 radical (unpaired) electrons. The van der Waals surface area contributed by atoms with E-state index >= 15 is 0 Å². The van der Waals surface area contributed by atoms with Gasteiger partial charge in [0.05, 0.1) is 0 Å². The molecule has 0 aliphatic heterocycles. The van der Waals surface area contributed by atoms with Gasteiger partial charge >= 0.3 is 0 Å². The van der Waals surface area contributed by atoms with Crippen molar-refractivity contribution < 1.29 is 0 Å². The van der Waals surface area contributed by atoms with Crippen LogP contribution in [0, 0.1) is 25.7 Å². The molecule has 1 aromatic heterocycles. The van der Waals surface area contributed by atoms with Gasteiger partial charge in [0.15, 0.2) is 0 Å². The first-order valence-electron chi connectivity index (χ1n) is 19.2. The second kappa shape index (κ2) is 13.2. The van der Waals surface area contributed by atoms with Gasteiger partial charge in [-0.25, -0.2) is 0 Å². The second-order valence-electron chi connectivity index (χ2n) is 15.6. The highest BCUT2D eigenvalue weighted by Crippen LogP contribution is 2.53. The zero-order chi connectivity index (χ0) is 35.5. The van der Waals surface area contributed by atoms with E-state index in [1.54, 1.807) is 5.56 Å². The normalized spacial score (nSPS) is 17.9. The van der Waals surface area contributed by atoms with E-state index in [0.717, 1.165) is 34.8 Å². The van der Waals surface area contributed by atoms with Gasteiger partial charge in [-0.1, -0.05) is 127 Å². The summed E-state index contributed by atoms with van der Waals surface area (Å²) in [5.74, 6) is 2.68. The number of nitrogens with zero attached hydrogens (tertiary/aromatic N) is 1. The SMILES string of the molecule is Cc1cc(C)cc(-c2ccc(N(c3ccc(-c4ccc(-c5ccc(C6CC7CCC6C7)cc5)cc4)cc3)c3ccc4sc5ccccc5c4c3)cc2)c1. The molecule has 2 fully saturated rings. The van der Waals surface area contributed by atoms with Crippen molar-refractivity contribution in [3.05, 3.63) is 174 Å². The number of benzene rings is 7. The van der Waals surface area contributed by atoms with E-state index in [1.165, 1.54) is 90.4 Å². The molecule has 0 spiro atoms. The van der Waals surface area contributed by atoms with Crippen molar-refractivity contribution in [3.63, 3.8) is 0 Å². The van der Waals surface area contributed by atoms with Crippen LogP contribution in [-0.4, -0.2) is 0 Å². The molecular formula is C51H43NS. The first-order valence-corrected chi connectivity index (χ1v) is 20.0. The molecule has 0 amide bonds. The fourth-order valence-electron chi connectivity index (χ4n) is 9.48. The standard InChI is InChI=1S/C51H43NS/c1-33-27-34(2)29-43(28-33)40-19-23-45(24-20-40)52(46-25-26-51-49(32-46)47-5-3-4-6-50(47)53-51)44-21-17-39(18-22-44)37-11-9-36(10-12-37)38-13-15-41(16-14-38)48-31-35-7-8-42(48)30-35/h3-6,9-29,32,35,42,48H,7-8,30-31H2,1-2H3. The molecule has 8 aromatic rings. The van der Waals surface area contributed by atoms with Gasteiger partial charge in [0.1, 0.15) is 0 Å². The summed E-state index contributed by atoms with van der Waals surface area (Å²) in [6.45, 7) is 4.35. The summed E-state index contributed by atoms with van der Waals surface area (Å²) in [5, 5.41) is 2.62. The third-order valence-corrected chi connectivity index (χ3v) is 13.2. The number of hydrogen-bond donors (Lipinski definition) is 0.